The molecular weight excluding hydrogens is 741 g/mol. The molecule has 2 heterocycles. The fourth-order valence-corrected chi connectivity index (χ4v) is 9.49. The largest absolute Gasteiger partial charge is 0.455 e. The second-order valence-corrected chi connectivity index (χ2v) is 15.6. The maximum Gasteiger partial charge on any atom is 0.143 e. The maximum atomic E-state index is 6.73. The Morgan fingerprint density at radius 1 is 0.361 bits per heavy atom. The van der Waals surface area contributed by atoms with Crippen molar-refractivity contribution in [2.24, 2.45) is 0 Å². The van der Waals surface area contributed by atoms with Crippen molar-refractivity contribution in [2.45, 2.75) is 0 Å². The molecule has 0 amide bonds. The molecule has 0 saturated carbocycles. The first-order valence-corrected chi connectivity index (χ1v) is 20.9. The standard InChI is InChI=1S/C58H38N2O/c1-3-17-39(18-4-1)40-33-36-43(37-34-40)59(52-29-12-9-23-45(52)48-26-16-32-55-56(48)51-38-35-41-19-7-8-22-44(41)58(51)61-55)53-30-13-10-24-46(53)49-27-15-28-50-47-25-11-14-31-54(47)60(57(49)50)42-20-5-2-6-21-42/h1-38H. The molecule has 12 rings (SSSR count). The SMILES string of the molecule is c1ccc(-c2ccc(N(c3ccccc3-c3cccc4oc5c6ccccc6ccc5c34)c3ccccc3-c3cccc4c5ccccc5n(-c5ccccc5)c34)cc2)cc1. The molecule has 286 valence electrons. The Morgan fingerprint density at radius 2 is 0.934 bits per heavy atom. The molecule has 0 saturated heterocycles. The summed E-state index contributed by atoms with van der Waals surface area (Å²) in [7, 11) is 0. The van der Waals surface area contributed by atoms with E-state index in [1.807, 2.05) is 0 Å². The number of hydrogen-bond donors (Lipinski definition) is 0. The summed E-state index contributed by atoms with van der Waals surface area (Å²) < 4.78 is 9.16. The van der Waals surface area contributed by atoms with Crippen molar-refractivity contribution in [1.82, 2.24) is 4.57 Å². The monoisotopic (exact) mass is 778 g/mol. The second-order valence-electron chi connectivity index (χ2n) is 15.6. The van der Waals surface area contributed by atoms with E-state index in [2.05, 4.69) is 240 Å². The van der Waals surface area contributed by atoms with Crippen LogP contribution in [0.15, 0.2) is 235 Å². The number of furan rings is 1. The van der Waals surface area contributed by atoms with Crippen LogP contribution < -0.4 is 4.90 Å². The van der Waals surface area contributed by atoms with E-state index in [1.54, 1.807) is 0 Å². The molecular formula is C58H38N2O. The first-order valence-electron chi connectivity index (χ1n) is 20.9. The van der Waals surface area contributed by atoms with E-state index in [0.29, 0.717) is 0 Å². The van der Waals surface area contributed by atoms with Crippen molar-refractivity contribution in [2.75, 3.05) is 4.90 Å². The highest BCUT2D eigenvalue weighted by Crippen LogP contribution is 2.49. The van der Waals surface area contributed by atoms with Gasteiger partial charge >= 0.3 is 0 Å². The Labute approximate surface area is 353 Å². The minimum Gasteiger partial charge on any atom is -0.455 e. The molecule has 0 aliphatic carbocycles. The molecule has 0 atom stereocenters. The zero-order chi connectivity index (χ0) is 40.3. The number of fused-ring (bicyclic) bond motifs is 8. The van der Waals surface area contributed by atoms with Crippen molar-refractivity contribution in [3.8, 4) is 39.1 Å². The lowest BCUT2D eigenvalue weighted by atomic mass is 9.95. The number of para-hydroxylation sites is 5. The van der Waals surface area contributed by atoms with Crippen molar-refractivity contribution in [3.05, 3.63) is 231 Å². The van der Waals surface area contributed by atoms with Gasteiger partial charge in [0.15, 0.2) is 0 Å². The summed E-state index contributed by atoms with van der Waals surface area (Å²) in [4.78, 5) is 2.45. The van der Waals surface area contributed by atoms with Crippen molar-refractivity contribution in [1.29, 1.82) is 0 Å². The Morgan fingerprint density at radius 3 is 1.72 bits per heavy atom. The van der Waals surface area contributed by atoms with E-state index in [-0.39, 0.29) is 0 Å². The summed E-state index contributed by atoms with van der Waals surface area (Å²) in [5, 5.41) is 6.95. The van der Waals surface area contributed by atoms with Gasteiger partial charge in [-0.05, 0) is 76.7 Å². The lowest BCUT2D eigenvalue weighted by molar-refractivity contribution is 0.673. The van der Waals surface area contributed by atoms with Crippen LogP contribution in [0, 0.1) is 0 Å². The Bertz CT molecular complexity index is 3580. The van der Waals surface area contributed by atoms with Crippen LogP contribution in [0.5, 0.6) is 0 Å². The zero-order valence-electron chi connectivity index (χ0n) is 33.2. The predicted molar refractivity (Wildman–Crippen MR) is 257 cm³/mol. The molecule has 0 aliphatic rings. The van der Waals surface area contributed by atoms with Gasteiger partial charge in [-0.15, -0.1) is 0 Å². The van der Waals surface area contributed by atoms with Gasteiger partial charge in [0.1, 0.15) is 11.2 Å². The summed E-state index contributed by atoms with van der Waals surface area (Å²) in [6, 6.07) is 82.9. The van der Waals surface area contributed by atoms with Crippen LogP contribution in [-0.2, 0) is 0 Å². The van der Waals surface area contributed by atoms with Gasteiger partial charge in [0.25, 0.3) is 0 Å². The van der Waals surface area contributed by atoms with E-state index in [1.165, 1.54) is 38.3 Å². The minimum atomic E-state index is 0.873. The lowest BCUT2D eigenvalue weighted by Gasteiger charge is -2.30. The van der Waals surface area contributed by atoms with Crippen LogP contribution in [0.25, 0.3) is 93.6 Å². The summed E-state index contributed by atoms with van der Waals surface area (Å²) in [6.45, 7) is 0. The van der Waals surface area contributed by atoms with E-state index < -0.39 is 0 Å². The van der Waals surface area contributed by atoms with Crippen LogP contribution in [0.4, 0.5) is 17.1 Å². The van der Waals surface area contributed by atoms with Crippen molar-refractivity contribution in [3.63, 3.8) is 0 Å². The predicted octanol–water partition coefficient (Wildman–Crippen LogP) is 16.3. The highest BCUT2D eigenvalue weighted by Gasteiger charge is 2.25. The molecule has 0 N–H and O–H groups in total. The number of hydrogen-bond acceptors (Lipinski definition) is 2. The van der Waals surface area contributed by atoms with Crippen LogP contribution >= 0.6 is 0 Å². The summed E-state index contributed by atoms with van der Waals surface area (Å²) in [5.41, 5.74) is 15.4. The third-order valence-corrected chi connectivity index (χ3v) is 12.2. The average Bonchev–Trinajstić information content (AvgIpc) is 3.90. The molecule has 3 heteroatoms. The maximum absolute atomic E-state index is 6.73. The van der Waals surface area contributed by atoms with Gasteiger partial charge in [0.2, 0.25) is 0 Å². The second kappa shape index (κ2) is 14.3. The summed E-state index contributed by atoms with van der Waals surface area (Å²) in [6.07, 6.45) is 0. The van der Waals surface area contributed by atoms with Crippen molar-refractivity contribution >= 4 is 71.6 Å². The molecule has 61 heavy (non-hydrogen) atoms. The van der Waals surface area contributed by atoms with Gasteiger partial charge in [-0.2, -0.15) is 0 Å². The average molecular weight is 779 g/mol. The zero-order valence-corrected chi connectivity index (χ0v) is 33.2. The fraction of sp³-hybridized carbons (Fsp3) is 0. The van der Waals surface area contributed by atoms with Gasteiger partial charge in [-0.25, -0.2) is 0 Å². The van der Waals surface area contributed by atoms with Crippen LogP contribution in [-0.4, -0.2) is 4.57 Å². The van der Waals surface area contributed by atoms with E-state index in [0.717, 1.165) is 72.3 Å². The van der Waals surface area contributed by atoms with Gasteiger partial charge in [0, 0.05) is 55.0 Å². The fourth-order valence-electron chi connectivity index (χ4n) is 9.49. The third-order valence-electron chi connectivity index (χ3n) is 12.2. The van der Waals surface area contributed by atoms with E-state index >= 15 is 0 Å². The molecule has 12 aromatic rings. The normalized spacial score (nSPS) is 11.6. The van der Waals surface area contributed by atoms with Gasteiger partial charge in [-0.1, -0.05) is 176 Å². The first-order chi connectivity index (χ1) is 30.3. The van der Waals surface area contributed by atoms with Gasteiger partial charge in [0.05, 0.1) is 22.4 Å². The van der Waals surface area contributed by atoms with E-state index in [9.17, 15) is 0 Å². The molecule has 0 spiro atoms. The highest BCUT2D eigenvalue weighted by molar-refractivity contribution is 6.20. The highest BCUT2D eigenvalue weighted by atomic mass is 16.3. The topological polar surface area (TPSA) is 21.3 Å². The number of aromatic nitrogens is 1. The Kier molecular flexibility index (Phi) is 8.17. The van der Waals surface area contributed by atoms with Crippen molar-refractivity contribution < 1.29 is 4.42 Å². The molecule has 10 aromatic carbocycles. The molecule has 2 aromatic heterocycles. The molecule has 0 aliphatic heterocycles. The molecule has 0 unspecified atom stereocenters. The summed E-state index contributed by atoms with van der Waals surface area (Å²) in [5.74, 6) is 0. The number of rotatable bonds is 7. The van der Waals surface area contributed by atoms with E-state index in [4.69, 9.17) is 4.42 Å². The smallest absolute Gasteiger partial charge is 0.143 e. The molecule has 0 radical (unpaired) electrons. The quantitative estimate of drug-likeness (QED) is 0.161. The molecule has 0 fully saturated rings. The van der Waals surface area contributed by atoms with Crippen LogP contribution in [0.2, 0.25) is 0 Å². The number of benzene rings is 10. The molecule has 0 bridgehead atoms. The lowest BCUT2D eigenvalue weighted by Crippen LogP contribution is -2.12. The molecule has 3 nitrogen and oxygen atoms in total. The first kappa shape index (κ1) is 34.9. The number of nitrogens with zero attached hydrogens (tertiary/aromatic N) is 2. The third kappa shape index (κ3) is 5.66. The van der Waals surface area contributed by atoms with Crippen LogP contribution in [0.3, 0.4) is 0 Å². The number of anilines is 3. The Balaban J connectivity index is 1.13. The minimum absolute atomic E-state index is 0.873. The Hall–Kier alpha value is -8.14. The van der Waals surface area contributed by atoms with Gasteiger partial charge < -0.3 is 13.9 Å². The summed E-state index contributed by atoms with van der Waals surface area (Å²) >= 11 is 0. The van der Waals surface area contributed by atoms with Crippen LogP contribution in [0.1, 0.15) is 0 Å². The van der Waals surface area contributed by atoms with Gasteiger partial charge in [-0.3, -0.25) is 0 Å².